The summed E-state index contributed by atoms with van der Waals surface area (Å²) in [6, 6.07) is 0. The molecule has 72 valence electrons. The van der Waals surface area contributed by atoms with Crippen molar-refractivity contribution in [1.82, 2.24) is 0 Å². The van der Waals surface area contributed by atoms with Gasteiger partial charge in [0.25, 0.3) is 0 Å². The summed E-state index contributed by atoms with van der Waals surface area (Å²) >= 11 is 0. The van der Waals surface area contributed by atoms with E-state index in [1.54, 1.807) is 0 Å². The van der Waals surface area contributed by atoms with E-state index in [4.69, 9.17) is 4.52 Å². The Bertz CT molecular complexity index is 108. The molecule has 0 spiro atoms. The van der Waals surface area contributed by atoms with E-state index in [2.05, 4.69) is 13.3 Å². The van der Waals surface area contributed by atoms with Gasteiger partial charge in [-0.1, -0.05) is 25.7 Å². The maximum absolute atomic E-state index is 5.57. The van der Waals surface area contributed by atoms with Crippen LogP contribution in [0.15, 0.2) is 0 Å². The highest BCUT2D eigenvalue weighted by Crippen LogP contribution is 2.30. The first kappa shape index (κ1) is 10.5. The summed E-state index contributed by atoms with van der Waals surface area (Å²) in [5.74, 6) is 1.04. The summed E-state index contributed by atoms with van der Waals surface area (Å²) in [6.07, 6.45) is 8.59. The Morgan fingerprint density at radius 1 is 1.25 bits per heavy atom. The van der Waals surface area contributed by atoms with E-state index >= 15 is 0 Å². The molecule has 0 saturated heterocycles. The largest absolute Gasteiger partial charge is 0.360 e. The van der Waals surface area contributed by atoms with E-state index in [0.717, 1.165) is 12.5 Å². The van der Waals surface area contributed by atoms with Gasteiger partial charge in [0, 0.05) is 8.15 Å². The molecule has 1 nitrogen and oxygen atoms in total. The van der Waals surface area contributed by atoms with Crippen molar-refractivity contribution in [2.24, 2.45) is 5.92 Å². The van der Waals surface area contributed by atoms with Crippen molar-refractivity contribution in [3.05, 3.63) is 0 Å². The molecular weight excluding hydrogens is 167 g/mol. The molecule has 1 aliphatic carbocycles. The molecule has 0 aromatic carbocycles. The average molecular weight is 188 g/mol. The van der Waals surface area contributed by atoms with Gasteiger partial charge >= 0.3 is 0 Å². The molecule has 0 radical (unpaired) electrons. The summed E-state index contributed by atoms with van der Waals surface area (Å²) in [7, 11) is -0.124. The Hall–Kier alpha value is 0.390. The Morgan fingerprint density at radius 3 is 2.50 bits per heavy atom. The lowest BCUT2D eigenvalue weighted by atomic mass is 10.0. The number of hydrogen-bond donors (Lipinski definition) is 0. The minimum atomic E-state index is -0.124. The molecular formula is C10H21OP. The topological polar surface area (TPSA) is 9.23 Å². The Balaban J connectivity index is 1.88. The minimum absolute atomic E-state index is 0.124. The Kier molecular flexibility index (Phi) is 5.18. The summed E-state index contributed by atoms with van der Waals surface area (Å²) in [5.41, 5.74) is 0. The Labute approximate surface area is 77.7 Å². The van der Waals surface area contributed by atoms with Crippen LogP contribution in [0.2, 0.25) is 0 Å². The highest BCUT2D eigenvalue weighted by atomic mass is 31.1. The van der Waals surface area contributed by atoms with Crippen LogP contribution in [-0.2, 0) is 4.52 Å². The smallest absolute Gasteiger partial charge is 0.0508 e. The molecule has 0 aromatic rings. The van der Waals surface area contributed by atoms with Gasteiger partial charge in [-0.2, -0.15) is 0 Å². The first-order valence-electron chi connectivity index (χ1n) is 5.09. The summed E-state index contributed by atoms with van der Waals surface area (Å²) in [6.45, 7) is 5.34. The van der Waals surface area contributed by atoms with Gasteiger partial charge < -0.3 is 4.52 Å². The van der Waals surface area contributed by atoms with Crippen LogP contribution in [0, 0.1) is 5.92 Å². The molecule has 1 saturated carbocycles. The number of rotatable bonds is 5. The molecule has 0 amide bonds. The minimum Gasteiger partial charge on any atom is -0.360 e. The summed E-state index contributed by atoms with van der Waals surface area (Å²) in [4.78, 5) is 0. The van der Waals surface area contributed by atoms with Crippen LogP contribution in [0.25, 0.3) is 0 Å². The second-order valence-electron chi connectivity index (χ2n) is 3.94. The van der Waals surface area contributed by atoms with Gasteiger partial charge in [-0.3, -0.25) is 0 Å². The van der Waals surface area contributed by atoms with Crippen LogP contribution < -0.4 is 0 Å². The molecule has 0 atom stereocenters. The van der Waals surface area contributed by atoms with E-state index < -0.39 is 0 Å². The van der Waals surface area contributed by atoms with Crippen molar-refractivity contribution in [3.63, 3.8) is 0 Å². The van der Waals surface area contributed by atoms with E-state index in [-0.39, 0.29) is 8.15 Å². The fraction of sp³-hybridized carbons (Fsp3) is 1.00. The van der Waals surface area contributed by atoms with Crippen LogP contribution in [-0.4, -0.2) is 19.9 Å². The third kappa shape index (κ3) is 4.42. The van der Waals surface area contributed by atoms with E-state index in [9.17, 15) is 0 Å². The monoisotopic (exact) mass is 188 g/mol. The molecule has 1 aliphatic rings. The van der Waals surface area contributed by atoms with Crippen LogP contribution in [0.3, 0.4) is 0 Å². The molecule has 0 unspecified atom stereocenters. The fourth-order valence-corrected chi connectivity index (χ4v) is 2.41. The van der Waals surface area contributed by atoms with E-state index in [1.165, 1.54) is 38.5 Å². The zero-order valence-electron chi connectivity index (χ0n) is 8.38. The molecule has 1 rings (SSSR count). The van der Waals surface area contributed by atoms with Crippen molar-refractivity contribution in [1.29, 1.82) is 0 Å². The maximum atomic E-state index is 5.57. The van der Waals surface area contributed by atoms with Gasteiger partial charge in [-0.05, 0) is 32.1 Å². The lowest BCUT2D eigenvalue weighted by molar-refractivity contribution is 0.323. The third-order valence-electron chi connectivity index (χ3n) is 2.58. The van der Waals surface area contributed by atoms with E-state index in [1.807, 2.05) is 0 Å². The maximum Gasteiger partial charge on any atom is 0.0508 e. The summed E-state index contributed by atoms with van der Waals surface area (Å²) < 4.78 is 5.57. The van der Waals surface area contributed by atoms with Crippen molar-refractivity contribution in [2.75, 3.05) is 19.9 Å². The fourth-order valence-electron chi connectivity index (χ4n) is 1.92. The van der Waals surface area contributed by atoms with Crippen molar-refractivity contribution >= 4 is 8.15 Å². The van der Waals surface area contributed by atoms with Gasteiger partial charge in [-0.15, -0.1) is 0 Å². The lowest BCUT2D eigenvalue weighted by Crippen LogP contribution is -1.96. The van der Waals surface area contributed by atoms with Gasteiger partial charge in [0.05, 0.1) is 6.61 Å². The predicted molar refractivity (Wildman–Crippen MR) is 55.9 cm³/mol. The predicted octanol–water partition coefficient (Wildman–Crippen LogP) is 3.63. The lowest BCUT2D eigenvalue weighted by Gasteiger charge is -2.10. The standard InChI is InChI=1S/C10H21OP/c1-12(2)11-9-5-8-10-6-3-4-7-10/h10H,3-9H2,1-2H3. The molecule has 0 N–H and O–H groups in total. The molecule has 0 heterocycles. The second kappa shape index (κ2) is 5.94. The SMILES string of the molecule is CP(C)OCCCC1CCCC1. The van der Waals surface area contributed by atoms with Gasteiger partial charge in [0.15, 0.2) is 0 Å². The molecule has 1 fully saturated rings. The van der Waals surface area contributed by atoms with Gasteiger partial charge in [0.1, 0.15) is 0 Å². The Morgan fingerprint density at radius 2 is 1.92 bits per heavy atom. The third-order valence-corrected chi connectivity index (χ3v) is 3.28. The summed E-state index contributed by atoms with van der Waals surface area (Å²) in [5, 5.41) is 0. The van der Waals surface area contributed by atoms with Crippen molar-refractivity contribution in [2.45, 2.75) is 38.5 Å². The zero-order valence-corrected chi connectivity index (χ0v) is 9.28. The van der Waals surface area contributed by atoms with Crippen LogP contribution in [0.5, 0.6) is 0 Å². The molecule has 0 aromatic heterocycles. The van der Waals surface area contributed by atoms with Gasteiger partial charge in [-0.25, -0.2) is 0 Å². The van der Waals surface area contributed by atoms with Gasteiger partial charge in [0.2, 0.25) is 0 Å². The zero-order chi connectivity index (χ0) is 8.81. The first-order valence-corrected chi connectivity index (χ1v) is 7.24. The first-order chi connectivity index (χ1) is 5.79. The quantitative estimate of drug-likeness (QED) is 0.473. The van der Waals surface area contributed by atoms with Crippen LogP contribution in [0.1, 0.15) is 38.5 Å². The van der Waals surface area contributed by atoms with Crippen molar-refractivity contribution < 1.29 is 4.52 Å². The average Bonchev–Trinajstić information content (AvgIpc) is 2.49. The van der Waals surface area contributed by atoms with Crippen LogP contribution in [0.4, 0.5) is 0 Å². The molecule has 12 heavy (non-hydrogen) atoms. The normalized spacial score (nSPS) is 19.2. The van der Waals surface area contributed by atoms with Crippen molar-refractivity contribution in [3.8, 4) is 0 Å². The molecule has 2 heteroatoms. The highest BCUT2D eigenvalue weighted by Gasteiger charge is 2.13. The van der Waals surface area contributed by atoms with E-state index in [0.29, 0.717) is 0 Å². The molecule has 0 aliphatic heterocycles. The highest BCUT2D eigenvalue weighted by molar-refractivity contribution is 7.50. The molecule has 0 bridgehead atoms. The number of hydrogen-bond acceptors (Lipinski definition) is 1. The second-order valence-corrected chi connectivity index (χ2v) is 5.82. The van der Waals surface area contributed by atoms with Crippen LogP contribution >= 0.6 is 8.15 Å².